The van der Waals surface area contributed by atoms with Gasteiger partial charge in [-0.1, -0.05) is 30.3 Å². The van der Waals surface area contributed by atoms with Crippen LogP contribution in [0.2, 0.25) is 0 Å². The Morgan fingerprint density at radius 3 is 2.95 bits per heavy atom. The number of carbonyl (C=O) groups excluding carboxylic acids is 1. The van der Waals surface area contributed by atoms with Gasteiger partial charge >= 0.3 is 0 Å². The molecule has 1 fully saturated rings. The van der Waals surface area contributed by atoms with Crippen LogP contribution in [0.15, 0.2) is 30.3 Å². The molecule has 4 nitrogen and oxygen atoms in total. The third-order valence-electron chi connectivity index (χ3n) is 3.36. The lowest BCUT2D eigenvalue weighted by Crippen LogP contribution is -2.47. The minimum Gasteiger partial charge on any atom is -0.351 e. The molecule has 1 amide bonds. The molecule has 1 unspecified atom stereocenters. The second-order valence-corrected chi connectivity index (χ2v) is 4.96. The first-order valence-corrected chi connectivity index (χ1v) is 6.70. The number of benzene rings is 1. The van der Waals surface area contributed by atoms with Crippen LogP contribution in [0.1, 0.15) is 24.8 Å². The van der Waals surface area contributed by atoms with Gasteiger partial charge in [-0.2, -0.15) is 5.26 Å². The summed E-state index contributed by atoms with van der Waals surface area (Å²) in [5.41, 5.74) is 1.30. The van der Waals surface area contributed by atoms with Gasteiger partial charge in [0.25, 0.3) is 0 Å². The van der Waals surface area contributed by atoms with Crippen molar-refractivity contribution in [3.63, 3.8) is 0 Å². The second kappa shape index (κ2) is 6.91. The van der Waals surface area contributed by atoms with E-state index in [9.17, 15) is 4.79 Å². The number of nitrogens with one attached hydrogen (secondary N) is 1. The summed E-state index contributed by atoms with van der Waals surface area (Å²) in [5.74, 6) is -0.158. The average Bonchev–Trinajstić information content (AvgIpc) is 2.40. The highest BCUT2D eigenvalue weighted by Gasteiger charge is 2.21. The van der Waals surface area contributed by atoms with Crippen LogP contribution in [0.5, 0.6) is 0 Å². The highest BCUT2D eigenvalue weighted by molar-refractivity contribution is 5.78. The van der Waals surface area contributed by atoms with Gasteiger partial charge in [0.15, 0.2) is 0 Å². The molecule has 0 radical (unpaired) electrons. The van der Waals surface area contributed by atoms with Crippen molar-refractivity contribution >= 4 is 5.91 Å². The number of rotatable bonds is 4. The van der Waals surface area contributed by atoms with E-state index in [4.69, 9.17) is 5.26 Å². The number of hydrogen-bond donors (Lipinski definition) is 1. The minimum atomic E-state index is -0.158. The van der Waals surface area contributed by atoms with E-state index in [1.165, 1.54) is 5.56 Å². The fourth-order valence-corrected chi connectivity index (χ4v) is 2.51. The number of hydrogen-bond acceptors (Lipinski definition) is 3. The first kappa shape index (κ1) is 13.6. The van der Waals surface area contributed by atoms with E-state index >= 15 is 0 Å². The summed E-state index contributed by atoms with van der Waals surface area (Å²) in [4.78, 5) is 13.8. The molecule has 1 aromatic carbocycles. The minimum absolute atomic E-state index is 0.0464. The molecule has 100 valence electrons. The highest BCUT2D eigenvalue weighted by atomic mass is 16.1. The van der Waals surface area contributed by atoms with Crippen molar-refractivity contribution in [2.45, 2.75) is 31.8 Å². The molecule has 0 saturated carbocycles. The third kappa shape index (κ3) is 4.38. The Morgan fingerprint density at radius 2 is 2.21 bits per heavy atom. The number of amides is 1. The van der Waals surface area contributed by atoms with E-state index in [1.807, 2.05) is 24.3 Å². The van der Waals surface area contributed by atoms with Gasteiger partial charge in [0.2, 0.25) is 5.91 Å². The standard InChI is InChI=1S/C15H19N3O/c16-9-8-15(19)17-14-7-4-10-18(12-14)11-13-5-2-1-3-6-13/h1-3,5-6,14H,4,7-8,10-12H2,(H,17,19). The van der Waals surface area contributed by atoms with Gasteiger partial charge in [-0.15, -0.1) is 0 Å². The predicted molar refractivity (Wildman–Crippen MR) is 73.1 cm³/mol. The summed E-state index contributed by atoms with van der Waals surface area (Å²) in [6.45, 7) is 2.86. The van der Waals surface area contributed by atoms with E-state index in [0.717, 1.165) is 32.5 Å². The molecule has 0 aromatic heterocycles. The zero-order chi connectivity index (χ0) is 13.5. The Labute approximate surface area is 114 Å². The normalized spacial score (nSPS) is 19.6. The lowest BCUT2D eigenvalue weighted by molar-refractivity contribution is -0.121. The Bertz CT molecular complexity index is 452. The monoisotopic (exact) mass is 257 g/mol. The molecule has 1 aliphatic rings. The Kier molecular flexibility index (Phi) is 4.93. The van der Waals surface area contributed by atoms with E-state index in [2.05, 4.69) is 22.3 Å². The summed E-state index contributed by atoms with van der Waals surface area (Å²) < 4.78 is 0. The summed E-state index contributed by atoms with van der Waals surface area (Å²) in [5, 5.41) is 11.4. The van der Waals surface area contributed by atoms with Crippen LogP contribution in [-0.4, -0.2) is 29.9 Å². The molecule has 0 spiro atoms. The maximum Gasteiger partial charge on any atom is 0.234 e. The molecule has 1 atom stereocenters. The van der Waals surface area contributed by atoms with Crippen LogP contribution in [0.25, 0.3) is 0 Å². The first-order valence-electron chi connectivity index (χ1n) is 6.70. The molecule has 0 aliphatic carbocycles. The largest absolute Gasteiger partial charge is 0.351 e. The van der Waals surface area contributed by atoms with Crippen LogP contribution in [0, 0.1) is 11.3 Å². The van der Waals surface area contributed by atoms with Crippen molar-refractivity contribution in [1.82, 2.24) is 10.2 Å². The number of carbonyl (C=O) groups is 1. The summed E-state index contributed by atoms with van der Waals surface area (Å²) in [6.07, 6.45) is 2.04. The molecule has 1 saturated heterocycles. The van der Waals surface area contributed by atoms with E-state index in [1.54, 1.807) is 0 Å². The molecule has 1 aromatic rings. The third-order valence-corrected chi connectivity index (χ3v) is 3.36. The molecule has 4 heteroatoms. The topological polar surface area (TPSA) is 56.1 Å². The fourth-order valence-electron chi connectivity index (χ4n) is 2.51. The van der Waals surface area contributed by atoms with Gasteiger partial charge in [-0.3, -0.25) is 9.69 Å². The zero-order valence-electron chi connectivity index (χ0n) is 11.0. The number of piperidine rings is 1. The van der Waals surface area contributed by atoms with Crippen molar-refractivity contribution in [1.29, 1.82) is 5.26 Å². The fraction of sp³-hybridized carbons (Fsp3) is 0.467. The van der Waals surface area contributed by atoms with Crippen molar-refractivity contribution in [3.05, 3.63) is 35.9 Å². The lowest BCUT2D eigenvalue weighted by atomic mass is 10.0. The number of likely N-dealkylation sites (tertiary alicyclic amines) is 1. The molecule has 2 rings (SSSR count). The van der Waals surface area contributed by atoms with Crippen molar-refractivity contribution < 1.29 is 4.79 Å². The van der Waals surface area contributed by atoms with Gasteiger partial charge in [0.05, 0.1) is 6.07 Å². The molecule has 19 heavy (non-hydrogen) atoms. The molecular weight excluding hydrogens is 238 g/mol. The molecule has 1 N–H and O–H groups in total. The zero-order valence-corrected chi connectivity index (χ0v) is 11.0. The summed E-state index contributed by atoms with van der Waals surface area (Å²) in [7, 11) is 0. The quantitative estimate of drug-likeness (QED) is 0.893. The van der Waals surface area contributed by atoms with Crippen LogP contribution < -0.4 is 5.32 Å². The number of nitrogens with zero attached hydrogens (tertiary/aromatic N) is 2. The SMILES string of the molecule is N#CCC(=O)NC1CCCN(Cc2ccccc2)C1. The Hall–Kier alpha value is -1.86. The van der Waals surface area contributed by atoms with Crippen molar-refractivity contribution in [3.8, 4) is 6.07 Å². The molecular formula is C15H19N3O. The van der Waals surface area contributed by atoms with E-state index < -0.39 is 0 Å². The van der Waals surface area contributed by atoms with Gasteiger partial charge in [0, 0.05) is 19.1 Å². The Morgan fingerprint density at radius 1 is 1.42 bits per heavy atom. The van der Waals surface area contributed by atoms with Crippen molar-refractivity contribution in [2.24, 2.45) is 0 Å². The highest BCUT2D eigenvalue weighted by Crippen LogP contribution is 2.13. The van der Waals surface area contributed by atoms with Crippen molar-refractivity contribution in [2.75, 3.05) is 13.1 Å². The van der Waals surface area contributed by atoms with Crippen LogP contribution in [0.3, 0.4) is 0 Å². The van der Waals surface area contributed by atoms with Gasteiger partial charge in [-0.25, -0.2) is 0 Å². The smallest absolute Gasteiger partial charge is 0.234 e. The maximum atomic E-state index is 11.4. The molecule has 1 aliphatic heterocycles. The maximum absolute atomic E-state index is 11.4. The predicted octanol–water partition coefficient (Wildman–Crippen LogP) is 1.68. The van der Waals surface area contributed by atoms with Crippen LogP contribution in [-0.2, 0) is 11.3 Å². The Balaban J connectivity index is 1.84. The van der Waals surface area contributed by atoms with E-state index in [0.29, 0.717) is 0 Å². The van der Waals surface area contributed by atoms with Gasteiger partial charge < -0.3 is 5.32 Å². The first-order chi connectivity index (χ1) is 9.28. The summed E-state index contributed by atoms with van der Waals surface area (Å²) >= 11 is 0. The van der Waals surface area contributed by atoms with Gasteiger partial charge in [0.1, 0.15) is 6.42 Å². The second-order valence-electron chi connectivity index (χ2n) is 4.96. The molecule has 1 heterocycles. The van der Waals surface area contributed by atoms with Crippen LogP contribution >= 0.6 is 0 Å². The summed E-state index contributed by atoms with van der Waals surface area (Å²) in [6, 6.07) is 12.4. The van der Waals surface area contributed by atoms with E-state index in [-0.39, 0.29) is 18.4 Å². The lowest BCUT2D eigenvalue weighted by Gasteiger charge is -2.33. The van der Waals surface area contributed by atoms with Crippen LogP contribution in [0.4, 0.5) is 0 Å². The van der Waals surface area contributed by atoms with Gasteiger partial charge in [-0.05, 0) is 24.9 Å². The number of nitriles is 1. The molecule has 0 bridgehead atoms. The average molecular weight is 257 g/mol.